The summed E-state index contributed by atoms with van der Waals surface area (Å²) in [6.07, 6.45) is 0. The van der Waals surface area contributed by atoms with E-state index in [0.29, 0.717) is 10.7 Å². The number of anilines is 1. The summed E-state index contributed by atoms with van der Waals surface area (Å²) in [4.78, 5) is 14.0. The highest BCUT2D eigenvalue weighted by Crippen LogP contribution is 2.21. The third-order valence-electron chi connectivity index (χ3n) is 3.77. The Kier molecular flexibility index (Phi) is 6.73. The van der Waals surface area contributed by atoms with Crippen LogP contribution in [0.4, 0.5) is 14.5 Å². The molecule has 2 aromatic rings. The highest BCUT2D eigenvalue weighted by atomic mass is 35.5. The molecule has 1 N–H and O–H groups in total. The number of rotatable bonds is 7. The molecule has 0 aliphatic heterocycles. The number of nitrogens with one attached hydrogen (secondary N) is 1. The van der Waals surface area contributed by atoms with Gasteiger partial charge in [-0.2, -0.15) is 8.78 Å². The van der Waals surface area contributed by atoms with Gasteiger partial charge in [-0.05, 0) is 55.9 Å². The molecule has 2 aromatic carbocycles. The Hall–Kier alpha value is -2.18. The van der Waals surface area contributed by atoms with Crippen LogP contribution in [-0.2, 0) is 4.79 Å². The van der Waals surface area contributed by atoms with Crippen LogP contribution in [0.5, 0.6) is 5.75 Å². The third-order valence-corrected chi connectivity index (χ3v) is 4.02. The molecular formula is C18H19ClF2N2O2. The topological polar surface area (TPSA) is 41.6 Å². The number of halogens is 3. The van der Waals surface area contributed by atoms with E-state index in [0.717, 1.165) is 5.56 Å². The highest BCUT2D eigenvalue weighted by Gasteiger charge is 2.15. The molecule has 2 rings (SSSR count). The first-order valence-electron chi connectivity index (χ1n) is 7.65. The fourth-order valence-electron chi connectivity index (χ4n) is 2.28. The lowest BCUT2D eigenvalue weighted by atomic mass is 10.1. The Bertz CT molecular complexity index is 693. The maximum atomic E-state index is 12.2. The van der Waals surface area contributed by atoms with Crippen LogP contribution in [0.25, 0.3) is 0 Å². The first kappa shape index (κ1) is 19.1. The summed E-state index contributed by atoms with van der Waals surface area (Å²) < 4.78 is 28.5. The molecular weight excluding hydrogens is 350 g/mol. The van der Waals surface area contributed by atoms with E-state index >= 15 is 0 Å². The molecule has 7 heteroatoms. The summed E-state index contributed by atoms with van der Waals surface area (Å²) in [6.45, 7) is -0.699. The van der Waals surface area contributed by atoms with Gasteiger partial charge >= 0.3 is 6.61 Å². The van der Waals surface area contributed by atoms with Crippen molar-refractivity contribution in [2.24, 2.45) is 0 Å². The molecule has 0 saturated carbocycles. The van der Waals surface area contributed by atoms with E-state index in [2.05, 4.69) is 10.1 Å². The van der Waals surface area contributed by atoms with Gasteiger partial charge in [0.05, 0.1) is 6.54 Å². The van der Waals surface area contributed by atoms with Crippen molar-refractivity contribution in [3.63, 3.8) is 0 Å². The molecule has 0 saturated heterocycles. The minimum atomic E-state index is -2.87. The molecule has 25 heavy (non-hydrogen) atoms. The summed E-state index contributed by atoms with van der Waals surface area (Å²) in [6, 6.07) is 13.3. The van der Waals surface area contributed by atoms with Crippen molar-refractivity contribution in [2.75, 3.05) is 18.9 Å². The van der Waals surface area contributed by atoms with E-state index in [1.807, 2.05) is 43.1 Å². The average molecular weight is 369 g/mol. The van der Waals surface area contributed by atoms with Crippen LogP contribution in [-0.4, -0.2) is 31.0 Å². The number of hydrogen-bond acceptors (Lipinski definition) is 3. The van der Waals surface area contributed by atoms with Crippen LogP contribution in [0.1, 0.15) is 18.5 Å². The van der Waals surface area contributed by atoms with E-state index in [-0.39, 0.29) is 24.2 Å². The minimum Gasteiger partial charge on any atom is -0.435 e. The van der Waals surface area contributed by atoms with Crippen molar-refractivity contribution in [3.05, 3.63) is 59.1 Å². The molecule has 0 aromatic heterocycles. The number of likely N-dealkylation sites (N-methyl/N-ethyl adjacent to an activating group) is 1. The Balaban J connectivity index is 1.89. The van der Waals surface area contributed by atoms with Crippen molar-refractivity contribution in [3.8, 4) is 5.75 Å². The van der Waals surface area contributed by atoms with Crippen molar-refractivity contribution in [1.82, 2.24) is 4.90 Å². The zero-order chi connectivity index (χ0) is 18.4. The quantitative estimate of drug-likeness (QED) is 0.778. The lowest BCUT2D eigenvalue weighted by molar-refractivity contribution is -0.117. The van der Waals surface area contributed by atoms with Crippen LogP contribution in [0, 0.1) is 0 Å². The van der Waals surface area contributed by atoms with Crippen molar-refractivity contribution < 1.29 is 18.3 Å². The number of carbonyl (C=O) groups excluding carboxylic acids is 1. The van der Waals surface area contributed by atoms with Crippen molar-refractivity contribution >= 4 is 23.2 Å². The molecule has 1 amide bonds. The minimum absolute atomic E-state index is 0.0323. The van der Waals surface area contributed by atoms with Gasteiger partial charge in [-0.25, -0.2) is 0 Å². The number of nitrogens with zero attached hydrogens (tertiary/aromatic N) is 1. The molecule has 4 nitrogen and oxygen atoms in total. The monoisotopic (exact) mass is 368 g/mol. The van der Waals surface area contributed by atoms with Crippen LogP contribution < -0.4 is 10.1 Å². The number of benzene rings is 2. The van der Waals surface area contributed by atoms with Gasteiger partial charge in [0.2, 0.25) is 5.91 Å². The first-order valence-corrected chi connectivity index (χ1v) is 8.03. The summed E-state index contributed by atoms with van der Waals surface area (Å²) in [5, 5.41) is 3.39. The average Bonchev–Trinajstić information content (AvgIpc) is 2.56. The first-order chi connectivity index (χ1) is 11.8. The summed E-state index contributed by atoms with van der Waals surface area (Å²) in [5.74, 6) is -0.160. The molecule has 0 spiro atoms. The van der Waals surface area contributed by atoms with Gasteiger partial charge in [0.1, 0.15) is 5.75 Å². The highest BCUT2D eigenvalue weighted by molar-refractivity contribution is 6.30. The Labute approximate surface area is 150 Å². The van der Waals surface area contributed by atoms with Crippen LogP contribution in [0.3, 0.4) is 0 Å². The number of hydrogen-bond donors (Lipinski definition) is 1. The largest absolute Gasteiger partial charge is 0.435 e. The fraction of sp³-hybridized carbons (Fsp3) is 0.278. The zero-order valence-electron chi connectivity index (χ0n) is 13.9. The number of amides is 1. The van der Waals surface area contributed by atoms with E-state index < -0.39 is 6.61 Å². The van der Waals surface area contributed by atoms with E-state index in [1.54, 1.807) is 0 Å². The predicted octanol–water partition coefficient (Wildman–Crippen LogP) is 4.57. The van der Waals surface area contributed by atoms with Gasteiger partial charge in [0.25, 0.3) is 0 Å². The molecule has 0 aliphatic carbocycles. The van der Waals surface area contributed by atoms with Gasteiger partial charge in [-0.1, -0.05) is 23.7 Å². The second-order valence-corrected chi connectivity index (χ2v) is 6.03. The van der Waals surface area contributed by atoms with Crippen LogP contribution in [0.15, 0.2) is 48.5 Å². The number of ether oxygens (including phenoxy) is 1. The van der Waals surface area contributed by atoms with Gasteiger partial charge < -0.3 is 10.1 Å². The summed E-state index contributed by atoms with van der Waals surface area (Å²) >= 11 is 5.88. The van der Waals surface area contributed by atoms with Gasteiger partial charge in [0.15, 0.2) is 0 Å². The molecule has 134 valence electrons. The molecule has 0 aliphatic rings. The Morgan fingerprint density at radius 2 is 1.76 bits per heavy atom. The fourth-order valence-corrected chi connectivity index (χ4v) is 2.41. The van der Waals surface area contributed by atoms with Crippen molar-refractivity contribution in [1.29, 1.82) is 0 Å². The molecule has 1 atom stereocenters. The molecule has 0 radical (unpaired) electrons. The van der Waals surface area contributed by atoms with Crippen LogP contribution in [0.2, 0.25) is 5.02 Å². The summed E-state index contributed by atoms with van der Waals surface area (Å²) in [5.41, 5.74) is 1.56. The van der Waals surface area contributed by atoms with Crippen molar-refractivity contribution in [2.45, 2.75) is 19.6 Å². The SMILES string of the molecule is CC(c1ccc(Cl)cc1)N(C)CC(=O)Nc1ccc(OC(F)F)cc1. The Morgan fingerprint density at radius 3 is 2.32 bits per heavy atom. The molecule has 0 bridgehead atoms. The normalized spacial score (nSPS) is 12.3. The molecule has 0 fully saturated rings. The zero-order valence-corrected chi connectivity index (χ0v) is 14.6. The van der Waals surface area contributed by atoms with E-state index in [4.69, 9.17) is 11.6 Å². The third kappa shape index (κ3) is 5.99. The number of alkyl halides is 2. The predicted molar refractivity (Wildman–Crippen MR) is 94.2 cm³/mol. The standard InChI is InChI=1S/C18H19ClF2N2O2/c1-12(13-3-5-14(19)6-4-13)23(2)11-17(24)22-15-7-9-16(10-8-15)25-18(20)21/h3-10,12,18H,11H2,1-2H3,(H,22,24). The van der Waals surface area contributed by atoms with Gasteiger partial charge in [-0.15, -0.1) is 0 Å². The second kappa shape index (κ2) is 8.78. The second-order valence-electron chi connectivity index (χ2n) is 5.59. The lowest BCUT2D eigenvalue weighted by Crippen LogP contribution is -2.32. The Morgan fingerprint density at radius 1 is 1.16 bits per heavy atom. The maximum Gasteiger partial charge on any atom is 0.387 e. The maximum absolute atomic E-state index is 12.2. The smallest absolute Gasteiger partial charge is 0.387 e. The molecule has 1 unspecified atom stereocenters. The molecule has 0 heterocycles. The lowest BCUT2D eigenvalue weighted by Gasteiger charge is -2.24. The van der Waals surface area contributed by atoms with Gasteiger partial charge in [0, 0.05) is 16.8 Å². The van der Waals surface area contributed by atoms with E-state index in [9.17, 15) is 13.6 Å². The number of carbonyl (C=O) groups is 1. The van der Waals surface area contributed by atoms with E-state index in [1.165, 1.54) is 24.3 Å². The summed E-state index contributed by atoms with van der Waals surface area (Å²) in [7, 11) is 1.85. The van der Waals surface area contributed by atoms with Crippen LogP contribution >= 0.6 is 11.6 Å². The van der Waals surface area contributed by atoms with Gasteiger partial charge in [-0.3, -0.25) is 9.69 Å².